The molecule has 1 unspecified atom stereocenters. The number of thioether (sulfide) groups is 1. The highest BCUT2D eigenvalue weighted by molar-refractivity contribution is 8.02. The number of benzene rings is 1. The van der Waals surface area contributed by atoms with Crippen LogP contribution in [0.3, 0.4) is 0 Å². The number of carbonyl (C=O) groups is 3. The lowest BCUT2D eigenvalue weighted by Crippen LogP contribution is -2.53. The zero-order valence-electron chi connectivity index (χ0n) is 20.5. The van der Waals surface area contributed by atoms with Crippen LogP contribution in [-0.2, 0) is 25.8 Å². The summed E-state index contributed by atoms with van der Waals surface area (Å²) >= 11 is 1.52. The van der Waals surface area contributed by atoms with E-state index in [1.807, 2.05) is 55.5 Å². The number of amides is 2. The number of esters is 1. The molecule has 2 aromatic rings. The number of aliphatic hydroxyl groups excluding tert-OH is 1. The summed E-state index contributed by atoms with van der Waals surface area (Å²) < 4.78 is 5.56. The van der Waals surface area contributed by atoms with Crippen LogP contribution in [0.1, 0.15) is 19.8 Å². The zero-order valence-corrected chi connectivity index (χ0v) is 21.3. The molecule has 0 saturated carbocycles. The summed E-state index contributed by atoms with van der Waals surface area (Å²) in [5, 5.41) is 17.8. The van der Waals surface area contributed by atoms with Crippen LogP contribution in [0, 0.1) is 11.8 Å². The van der Waals surface area contributed by atoms with Crippen molar-refractivity contribution in [2.45, 2.75) is 42.0 Å². The number of aliphatic hydroxyl groups is 1. The maximum Gasteiger partial charge on any atom is 0.311 e. The third kappa shape index (κ3) is 3.62. The number of hydrogen-bond acceptors (Lipinski definition) is 8. The van der Waals surface area contributed by atoms with Crippen LogP contribution in [-0.4, -0.2) is 89.5 Å². The van der Waals surface area contributed by atoms with Crippen molar-refractivity contribution in [1.82, 2.24) is 24.8 Å². The molecule has 4 aliphatic heterocycles. The van der Waals surface area contributed by atoms with Gasteiger partial charge in [-0.1, -0.05) is 35.6 Å². The van der Waals surface area contributed by atoms with E-state index in [2.05, 4.69) is 10.3 Å². The lowest BCUT2D eigenvalue weighted by atomic mass is 9.75. The highest BCUT2D eigenvalue weighted by Crippen LogP contribution is 2.65. The van der Waals surface area contributed by atoms with E-state index in [0.717, 1.165) is 11.0 Å². The predicted octanol–water partition coefficient (Wildman–Crippen LogP) is 1.36. The molecule has 2 amide bonds. The Hall–Kier alpha value is -3.18. The molecule has 5 atom stereocenters. The third-order valence-electron chi connectivity index (χ3n) is 7.93. The van der Waals surface area contributed by atoms with Gasteiger partial charge in [0.05, 0.1) is 22.1 Å². The van der Waals surface area contributed by atoms with E-state index in [-0.39, 0.29) is 31.7 Å². The Morgan fingerprint density at radius 2 is 1.95 bits per heavy atom. The van der Waals surface area contributed by atoms with Crippen molar-refractivity contribution in [2.24, 2.45) is 11.8 Å². The van der Waals surface area contributed by atoms with E-state index in [4.69, 9.17) is 4.74 Å². The summed E-state index contributed by atoms with van der Waals surface area (Å²) in [6, 6.07) is 6.78. The average molecular weight is 524 g/mol. The summed E-state index contributed by atoms with van der Waals surface area (Å²) in [5.41, 5.74) is 1.56. The maximum absolute atomic E-state index is 14.3. The standard InChI is InChI=1S/C26H29N5O5S/c1-25-10-7-15-36-24(35)20(25)19-22(33)30(13-4-5-14-32)21-23(34)29(12-6-11-26(19,21)37-25)16-31-18-9-3-2-8-17(18)27-28-31/h2-3,6-11,19-21,32H,4-5,12-16H2,1H3/t19-,20+,21?,25-,26-/m0/s1. The van der Waals surface area contributed by atoms with Gasteiger partial charge in [-0.3, -0.25) is 14.4 Å². The van der Waals surface area contributed by atoms with Gasteiger partial charge in [-0.2, -0.15) is 0 Å². The number of hydrogen-bond donors (Lipinski definition) is 1. The summed E-state index contributed by atoms with van der Waals surface area (Å²) in [4.78, 5) is 44.9. The number of ether oxygens (including phenoxy) is 1. The Balaban J connectivity index is 1.41. The lowest BCUT2D eigenvalue weighted by molar-refractivity contribution is -0.152. The first-order valence-electron chi connectivity index (χ1n) is 12.6. The van der Waals surface area contributed by atoms with Gasteiger partial charge in [0.15, 0.2) is 0 Å². The van der Waals surface area contributed by atoms with Gasteiger partial charge in [0.1, 0.15) is 24.8 Å². The maximum atomic E-state index is 14.3. The van der Waals surface area contributed by atoms with Crippen LogP contribution in [0.5, 0.6) is 0 Å². The normalized spacial score (nSPS) is 32.8. The van der Waals surface area contributed by atoms with Crippen molar-refractivity contribution in [3.63, 3.8) is 0 Å². The Bertz CT molecular complexity index is 1330. The fraction of sp³-hybridized carbons (Fsp3) is 0.500. The van der Waals surface area contributed by atoms with Gasteiger partial charge in [0.25, 0.3) is 0 Å². The molecular formula is C26H29N5O5S. The Labute approximate surface area is 218 Å². The summed E-state index contributed by atoms with van der Waals surface area (Å²) in [5.74, 6) is -2.21. The molecule has 0 aliphatic carbocycles. The fourth-order valence-corrected chi connectivity index (χ4v) is 8.50. The van der Waals surface area contributed by atoms with E-state index in [1.165, 1.54) is 11.8 Å². The number of unbranched alkanes of at least 4 members (excludes halogenated alkanes) is 1. The third-order valence-corrected chi connectivity index (χ3v) is 9.72. The Morgan fingerprint density at radius 3 is 2.78 bits per heavy atom. The second-order valence-electron chi connectivity index (χ2n) is 10.2. The molecule has 0 radical (unpaired) electrons. The first-order chi connectivity index (χ1) is 17.9. The second kappa shape index (κ2) is 8.98. The Kier molecular flexibility index (Phi) is 5.87. The Morgan fingerprint density at radius 1 is 1.11 bits per heavy atom. The number of cyclic esters (lactones) is 1. The molecule has 194 valence electrons. The van der Waals surface area contributed by atoms with E-state index >= 15 is 0 Å². The van der Waals surface area contributed by atoms with Gasteiger partial charge >= 0.3 is 5.97 Å². The fourth-order valence-electron chi connectivity index (χ4n) is 6.35. The SMILES string of the molecule is C[C@]12C=CCOC(=O)[C@H]1[C@H]1C(=O)N(CCCCO)C3C(=O)N(Cn4nnc5ccccc54)CC=C[C@@]31S2. The number of fused-ring (bicyclic) bond motifs is 3. The quantitative estimate of drug-likeness (QED) is 0.343. The van der Waals surface area contributed by atoms with Crippen molar-refractivity contribution >= 4 is 40.6 Å². The molecule has 4 aliphatic rings. The second-order valence-corrected chi connectivity index (χ2v) is 12.0. The molecular weight excluding hydrogens is 494 g/mol. The minimum atomic E-state index is -0.910. The van der Waals surface area contributed by atoms with Gasteiger partial charge in [-0.25, -0.2) is 4.68 Å². The van der Waals surface area contributed by atoms with Crippen LogP contribution in [0.2, 0.25) is 0 Å². The first-order valence-corrected chi connectivity index (χ1v) is 13.4. The molecule has 1 spiro atoms. The first kappa shape index (κ1) is 24.2. The zero-order chi connectivity index (χ0) is 25.8. The van der Waals surface area contributed by atoms with Crippen LogP contribution in [0.25, 0.3) is 11.0 Å². The number of likely N-dealkylation sites (tertiary alicyclic amines) is 1. The molecule has 11 heteroatoms. The molecule has 1 aromatic carbocycles. The average Bonchev–Trinajstić information content (AvgIpc) is 3.40. The number of rotatable bonds is 6. The highest BCUT2D eigenvalue weighted by Gasteiger charge is 2.73. The number of carbonyl (C=O) groups excluding carboxylic acids is 3. The van der Waals surface area contributed by atoms with E-state index in [1.54, 1.807) is 14.5 Å². The number of nitrogens with zero attached hydrogens (tertiary/aromatic N) is 5. The lowest BCUT2D eigenvalue weighted by Gasteiger charge is -2.36. The molecule has 1 N–H and O–H groups in total. The number of aromatic nitrogens is 3. The van der Waals surface area contributed by atoms with Gasteiger partial charge < -0.3 is 19.6 Å². The van der Waals surface area contributed by atoms with Crippen LogP contribution in [0.4, 0.5) is 0 Å². The van der Waals surface area contributed by atoms with Crippen LogP contribution >= 0.6 is 11.8 Å². The molecule has 37 heavy (non-hydrogen) atoms. The van der Waals surface area contributed by atoms with Crippen molar-refractivity contribution < 1.29 is 24.2 Å². The van der Waals surface area contributed by atoms with Crippen molar-refractivity contribution in [1.29, 1.82) is 0 Å². The van der Waals surface area contributed by atoms with Crippen LogP contribution in [0.15, 0.2) is 48.6 Å². The summed E-state index contributed by atoms with van der Waals surface area (Å²) in [7, 11) is 0. The molecule has 2 saturated heterocycles. The largest absolute Gasteiger partial charge is 0.461 e. The summed E-state index contributed by atoms with van der Waals surface area (Å²) in [6.07, 6.45) is 8.78. The molecule has 10 nitrogen and oxygen atoms in total. The molecule has 2 fully saturated rings. The smallest absolute Gasteiger partial charge is 0.311 e. The summed E-state index contributed by atoms with van der Waals surface area (Å²) in [6.45, 7) is 3.01. The minimum absolute atomic E-state index is 0.00713. The molecule has 5 heterocycles. The van der Waals surface area contributed by atoms with Crippen LogP contribution < -0.4 is 0 Å². The molecule has 6 rings (SSSR count). The van der Waals surface area contributed by atoms with Crippen molar-refractivity contribution in [3.05, 3.63) is 48.6 Å². The monoisotopic (exact) mass is 523 g/mol. The molecule has 1 aromatic heterocycles. The minimum Gasteiger partial charge on any atom is -0.461 e. The number of para-hydroxylation sites is 1. The van der Waals surface area contributed by atoms with E-state index < -0.39 is 33.3 Å². The van der Waals surface area contributed by atoms with Gasteiger partial charge in [-0.15, -0.1) is 16.9 Å². The van der Waals surface area contributed by atoms with Crippen molar-refractivity contribution in [2.75, 3.05) is 26.3 Å². The highest BCUT2D eigenvalue weighted by atomic mass is 32.2. The van der Waals surface area contributed by atoms with E-state index in [0.29, 0.717) is 25.9 Å². The predicted molar refractivity (Wildman–Crippen MR) is 136 cm³/mol. The van der Waals surface area contributed by atoms with Gasteiger partial charge in [-0.05, 0) is 38.0 Å². The topological polar surface area (TPSA) is 118 Å². The van der Waals surface area contributed by atoms with E-state index in [9.17, 15) is 19.5 Å². The van der Waals surface area contributed by atoms with Gasteiger partial charge in [0, 0.05) is 24.4 Å². The van der Waals surface area contributed by atoms with Crippen molar-refractivity contribution in [3.8, 4) is 0 Å². The molecule has 0 bridgehead atoms. The van der Waals surface area contributed by atoms with Gasteiger partial charge in [0.2, 0.25) is 11.8 Å².